The Kier molecular flexibility index (Phi) is 9.35. The summed E-state index contributed by atoms with van der Waals surface area (Å²) < 4.78 is 11.4. The Hall–Kier alpha value is -1.75. The summed E-state index contributed by atoms with van der Waals surface area (Å²) in [5.41, 5.74) is 3.46. The van der Waals surface area contributed by atoms with Crippen molar-refractivity contribution in [3.8, 4) is 11.5 Å². The second-order valence-corrected chi connectivity index (χ2v) is 5.93. The molecule has 0 spiro atoms. The summed E-state index contributed by atoms with van der Waals surface area (Å²) in [6.45, 7) is 5.47. The SMILES string of the molecule is CCC(CO)NCc1ccc(OCc2cccc(C)c2)c(OC)c1.Cl. The molecule has 0 aliphatic heterocycles. The minimum Gasteiger partial charge on any atom is -0.493 e. The van der Waals surface area contributed by atoms with E-state index in [1.54, 1.807) is 7.11 Å². The van der Waals surface area contributed by atoms with Crippen LogP contribution in [0.4, 0.5) is 0 Å². The first-order valence-corrected chi connectivity index (χ1v) is 8.35. The number of hydrogen-bond donors (Lipinski definition) is 2. The maximum Gasteiger partial charge on any atom is 0.161 e. The number of rotatable bonds is 9. The fourth-order valence-corrected chi connectivity index (χ4v) is 2.50. The number of nitrogens with one attached hydrogen (secondary N) is 1. The van der Waals surface area contributed by atoms with E-state index >= 15 is 0 Å². The van der Waals surface area contributed by atoms with Gasteiger partial charge in [-0.15, -0.1) is 12.4 Å². The first-order chi connectivity index (χ1) is 11.7. The Morgan fingerprint density at radius 1 is 1.08 bits per heavy atom. The molecule has 0 aliphatic carbocycles. The molecule has 2 N–H and O–H groups in total. The van der Waals surface area contributed by atoms with Gasteiger partial charge in [0.05, 0.1) is 13.7 Å². The standard InChI is InChI=1S/C20H27NO3.ClH/c1-4-18(13-22)21-12-16-8-9-19(20(11-16)23-3)24-14-17-7-5-6-15(2)10-17;/h5-11,18,21-22H,4,12-14H2,1-3H3;1H. The van der Waals surface area contributed by atoms with Crippen LogP contribution in [-0.2, 0) is 13.2 Å². The van der Waals surface area contributed by atoms with E-state index in [0.29, 0.717) is 13.2 Å². The Labute approximate surface area is 156 Å². The van der Waals surface area contributed by atoms with Crippen molar-refractivity contribution in [2.45, 2.75) is 39.5 Å². The van der Waals surface area contributed by atoms with Crippen molar-refractivity contribution in [3.05, 3.63) is 59.2 Å². The molecule has 0 bridgehead atoms. The molecule has 2 aromatic rings. The highest BCUT2D eigenvalue weighted by atomic mass is 35.5. The molecule has 0 aromatic heterocycles. The normalized spacial score (nSPS) is 11.5. The van der Waals surface area contributed by atoms with Crippen LogP contribution in [0, 0.1) is 6.92 Å². The van der Waals surface area contributed by atoms with Crippen LogP contribution in [0.2, 0.25) is 0 Å². The summed E-state index contributed by atoms with van der Waals surface area (Å²) in [6, 6.07) is 14.3. The van der Waals surface area contributed by atoms with E-state index in [2.05, 4.69) is 37.4 Å². The molecule has 1 atom stereocenters. The summed E-state index contributed by atoms with van der Waals surface area (Å²) in [5, 5.41) is 12.6. The molecule has 2 aromatic carbocycles. The van der Waals surface area contributed by atoms with Crippen molar-refractivity contribution >= 4 is 12.4 Å². The van der Waals surface area contributed by atoms with E-state index in [0.717, 1.165) is 29.0 Å². The van der Waals surface area contributed by atoms with Gasteiger partial charge in [-0.1, -0.05) is 42.8 Å². The molecule has 1 unspecified atom stereocenters. The largest absolute Gasteiger partial charge is 0.493 e. The molecule has 0 heterocycles. The van der Waals surface area contributed by atoms with Crippen molar-refractivity contribution in [1.29, 1.82) is 0 Å². The van der Waals surface area contributed by atoms with Gasteiger partial charge in [-0.3, -0.25) is 0 Å². The van der Waals surface area contributed by atoms with E-state index in [4.69, 9.17) is 9.47 Å². The molecular formula is C20H28ClNO3. The lowest BCUT2D eigenvalue weighted by molar-refractivity contribution is 0.238. The third-order valence-corrected chi connectivity index (χ3v) is 4.01. The average Bonchev–Trinajstić information content (AvgIpc) is 2.61. The Morgan fingerprint density at radius 3 is 2.52 bits per heavy atom. The number of ether oxygens (including phenoxy) is 2. The van der Waals surface area contributed by atoms with Crippen molar-refractivity contribution in [1.82, 2.24) is 5.32 Å². The van der Waals surface area contributed by atoms with Crippen LogP contribution >= 0.6 is 12.4 Å². The zero-order valence-corrected chi connectivity index (χ0v) is 15.9. The number of hydrogen-bond acceptors (Lipinski definition) is 4. The number of aliphatic hydroxyl groups excluding tert-OH is 1. The van der Waals surface area contributed by atoms with E-state index in [9.17, 15) is 5.11 Å². The van der Waals surface area contributed by atoms with E-state index in [1.807, 2.05) is 24.3 Å². The van der Waals surface area contributed by atoms with Gasteiger partial charge in [0.25, 0.3) is 0 Å². The molecule has 0 saturated carbocycles. The maximum atomic E-state index is 9.24. The minimum absolute atomic E-state index is 0. The topological polar surface area (TPSA) is 50.7 Å². The summed E-state index contributed by atoms with van der Waals surface area (Å²) in [4.78, 5) is 0. The van der Waals surface area contributed by atoms with Gasteiger partial charge in [-0.05, 0) is 36.6 Å². The first kappa shape index (κ1) is 21.3. The van der Waals surface area contributed by atoms with Gasteiger partial charge in [0.1, 0.15) is 6.61 Å². The zero-order chi connectivity index (χ0) is 17.4. The monoisotopic (exact) mass is 365 g/mol. The van der Waals surface area contributed by atoms with Crippen LogP contribution in [0.3, 0.4) is 0 Å². The predicted octanol–water partition coefficient (Wildman–Crippen LogP) is 3.86. The molecular weight excluding hydrogens is 338 g/mol. The fraction of sp³-hybridized carbons (Fsp3) is 0.400. The summed E-state index contributed by atoms with van der Waals surface area (Å²) >= 11 is 0. The lowest BCUT2D eigenvalue weighted by atomic mass is 10.1. The molecule has 2 rings (SSSR count). The molecule has 0 radical (unpaired) electrons. The number of benzene rings is 2. The van der Waals surface area contributed by atoms with Crippen LogP contribution < -0.4 is 14.8 Å². The van der Waals surface area contributed by atoms with E-state index in [-0.39, 0.29) is 25.1 Å². The average molecular weight is 366 g/mol. The number of aliphatic hydroxyl groups is 1. The quantitative estimate of drug-likeness (QED) is 0.708. The van der Waals surface area contributed by atoms with Gasteiger partial charge in [0.15, 0.2) is 11.5 Å². The fourth-order valence-electron chi connectivity index (χ4n) is 2.50. The molecule has 4 nitrogen and oxygen atoms in total. The second-order valence-electron chi connectivity index (χ2n) is 5.93. The molecule has 0 amide bonds. The van der Waals surface area contributed by atoms with E-state index in [1.165, 1.54) is 5.56 Å². The smallest absolute Gasteiger partial charge is 0.161 e. The van der Waals surface area contributed by atoms with Gasteiger partial charge in [0, 0.05) is 12.6 Å². The van der Waals surface area contributed by atoms with E-state index < -0.39 is 0 Å². The molecule has 0 aliphatic rings. The highest BCUT2D eigenvalue weighted by Gasteiger charge is 2.08. The molecule has 138 valence electrons. The lowest BCUT2D eigenvalue weighted by Gasteiger charge is -2.16. The van der Waals surface area contributed by atoms with Gasteiger partial charge in [-0.2, -0.15) is 0 Å². The number of methoxy groups -OCH3 is 1. The van der Waals surface area contributed by atoms with Crippen molar-refractivity contribution in [3.63, 3.8) is 0 Å². The number of aryl methyl sites for hydroxylation is 1. The Balaban J connectivity index is 0.00000312. The highest BCUT2D eigenvalue weighted by Crippen LogP contribution is 2.29. The number of halogens is 1. The maximum absolute atomic E-state index is 9.24. The van der Waals surface area contributed by atoms with Crippen molar-refractivity contribution in [2.75, 3.05) is 13.7 Å². The van der Waals surface area contributed by atoms with Crippen molar-refractivity contribution in [2.24, 2.45) is 0 Å². The van der Waals surface area contributed by atoms with Crippen molar-refractivity contribution < 1.29 is 14.6 Å². The minimum atomic E-state index is 0. The second kappa shape index (κ2) is 11.0. The van der Waals surface area contributed by atoms with Gasteiger partial charge < -0.3 is 19.9 Å². The lowest BCUT2D eigenvalue weighted by Crippen LogP contribution is -2.31. The molecule has 0 saturated heterocycles. The zero-order valence-electron chi connectivity index (χ0n) is 15.1. The van der Waals surface area contributed by atoms with Crippen LogP contribution in [0.25, 0.3) is 0 Å². The molecule has 5 heteroatoms. The summed E-state index contributed by atoms with van der Waals surface area (Å²) in [7, 11) is 1.65. The third kappa shape index (κ3) is 6.58. The summed E-state index contributed by atoms with van der Waals surface area (Å²) in [5.74, 6) is 1.45. The summed E-state index contributed by atoms with van der Waals surface area (Å²) in [6.07, 6.45) is 0.894. The third-order valence-electron chi connectivity index (χ3n) is 4.01. The van der Waals surface area contributed by atoms with Gasteiger partial charge in [-0.25, -0.2) is 0 Å². The highest BCUT2D eigenvalue weighted by molar-refractivity contribution is 5.85. The van der Waals surface area contributed by atoms with Gasteiger partial charge >= 0.3 is 0 Å². The Morgan fingerprint density at radius 2 is 1.88 bits per heavy atom. The molecule has 0 fully saturated rings. The van der Waals surface area contributed by atoms with Crippen LogP contribution in [0.1, 0.15) is 30.0 Å². The van der Waals surface area contributed by atoms with Crippen LogP contribution in [-0.4, -0.2) is 24.9 Å². The molecule has 25 heavy (non-hydrogen) atoms. The van der Waals surface area contributed by atoms with Gasteiger partial charge in [0.2, 0.25) is 0 Å². The van der Waals surface area contributed by atoms with Crippen LogP contribution in [0.5, 0.6) is 11.5 Å². The predicted molar refractivity (Wildman–Crippen MR) is 104 cm³/mol. The first-order valence-electron chi connectivity index (χ1n) is 8.35. The Bertz CT molecular complexity index is 645. The van der Waals surface area contributed by atoms with Crippen LogP contribution in [0.15, 0.2) is 42.5 Å².